The third-order valence-electron chi connectivity index (χ3n) is 3.67. The molecule has 1 aromatic heterocycles. The van der Waals surface area contributed by atoms with Crippen molar-refractivity contribution in [1.29, 1.82) is 0 Å². The molecule has 1 aliphatic rings. The van der Waals surface area contributed by atoms with E-state index in [-0.39, 0.29) is 12.5 Å². The van der Waals surface area contributed by atoms with E-state index in [1.165, 1.54) is 25.3 Å². The quantitative estimate of drug-likeness (QED) is 0.478. The van der Waals surface area contributed by atoms with Gasteiger partial charge < -0.3 is 15.7 Å². The van der Waals surface area contributed by atoms with Crippen molar-refractivity contribution >= 4 is 46.4 Å². The fraction of sp³-hybridized carbons (Fsp3) is 0.438. The van der Waals surface area contributed by atoms with E-state index in [0.29, 0.717) is 17.4 Å². The van der Waals surface area contributed by atoms with Crippen LogP contribution < -0.4 is 10.6 Å². The summed E-state index contributed by atoms with van der Waals surface area (Å²) in [7, 11) is 0. The molecule has 0 atom stereocenters. The van der Waals surface area contributed by atoms with Gasteiger partial charge in [0, 0.05) is 18.3 Å². The number of carboxylic acids is 1. The smallest absolute Gasteiger partial charge is 0.328 e. The van der Waals surface area contributed by atoms with Crippen molar-refractivity contribution in [3.05, 3.63) is 27.5 Å². The predicted molar refractivity (Wildman–Crippen MR) is 97.1 cm³/mol. The lowest BCUT2D eigenvalue weighted by atomic mass is 9.95. The largest absolute Gasteiger partial charge is 0.478 e. The molecular formula is C16H20IN3O3. The molecule has 0 aliphatic heterocycles. The molecule has 0 aromatic carbocycles. The number of nitrogens with zero attached hydrogens (tertiary/aromatic N) is 1. The zero-order valence-corrected chi connectivity index (χ0v) is 14.9. The summed E-state index contributed by atoms with van der Waals surface area (Å²) in [6, 6.07) is 2.11. The first kappa shape index (κ1) is 17.7. The third-order valence-corrected chi connectivity index (χ3v) is 4.49. The fourth-order valence-electron chi connectivity index (χ4n) is 2.53. The Balaban J connectivity index is 1.85. The van der Waals surface area contributed by atoms with E-state index in [4.69, 9.17) is 5.11 Å². The van der Waals surface area contributed by atoms with Crippen molar-refractivity contribution in [3.63, 3.8) is 0 Å². The second-order valence-corrected chi connectivity index (χ2v) is 6.69. The maximum Gasteiger partial charge on any atom is 0.328 e. The number of carboxylic acid groups (broad SMARTS) is 1. The van der Waals surface area contributed by atoms with E-state index >= 15 is 0 Å². The number of nitrogens with one attached hydrogen (secondary N) is 2. The predicted octanol–water partition coefficient (Wildman–Crippen LogP) is 2.64. The molecule has 2 rings (SSSR count). The second-order valence-electron chi connectivity index (χ2n) is 5.53. The summed E-state index contributed by atoms with van der Waals surface area (Å²) >= 11 is 2.11. The van der Waals surface area contributed by atoms with Crippen LogP contribution in [0.1, 0.15) is 37.7 Å². The van der Waals surface area contributed by atoms with Crippen molar-refractivity contribution < 1.29 is 14.7 Å². The van der Waals surface area contributed by atoms with Gasteiger partial charge in [0.15, 0.2) is 0 Å². The van der Waals surface area contributed by atoms with Crippen molar-refractivity contribution in [3.8, 4) is 0 Å². The van der Waals surface area contributed by atoms with Gasteiger partial charge in [-0.15, -0.1) is 0 Å². The highest BCUT2D eigenvalue weighted by Gasteiger charge is 2.15. The van der Waals surface area contributed by atoms with Crippen LogP contribution in [0.4, 0.5) is 5.82 Å². The zero-order valence-electron chi connectivity index (χ0n) is 12.7. The van der Waals surface area contributed by atoms with E-state index in [0.717, 1.165) is 22.5 Å². The Kier molecular flexibility index (Phi) is 6.82. The molecule has 1 heterocycles. The molecule has 0 spiro atoms. The Morgan fingerprint density at radius 2 is 2.09 bits per heavy atom. The van der Waals surface area contributed by atoms with Gasteiger partial charge in [0.25, 0.3) is 0 Å². The fourth-order valence-corrected chi connectivity index (χ4v) is 3.22. The number of amides is 1. The highest BCUT2D eigenvalue weighted by atomic mass is 127. The summed E-state index contributed by atoms with van der Waals surface area (Å²) in [5.41, 5.74) is 0.703. The Labute approximate surface area is 148 Å². The molecule has 1 saturated carbocycles. The second kappa shape index (κ2) is 8.85. The van der Waals surface area contributed by atoms with Crippen LogP contribution in [0.15, 0.2) is 18.3 Å². The lowest BCUT2D eigenvalue weighted by molar-refractivity contribution is -0.131. The molecule has 1 aromatic rings. The van der Waals surface area contributed by atoms with Gasteiger partial charge in [-0.2, -0.15) is 0 Å². The first-order valence-corrected chi connectivity index (χ1v) is 8.72. The summed E-state index contributed by atoms with van der Waals surface area (Å²) in [4.78, 5) is 26.7. The third kappa shape index (κ3) is 6.17. The summed E-state index contributed by atoms with van der Waals surface area (Å²) in [5, 5.41) is 14.7. The molecule has 7 heteroatoms. The van der Waals surface area contributed by atoms with Crippen LogP contribution in [-0.2, 0) is 9.59 Å². The summed E-state index contributed by atoms with van der Waals surface area (Å²) in [6.45, 7) is 0.184. The zero-order chi connectivity index (χ0) is 16.7. The number of aliphatic carboxylic acids is 1. The number of aromatic nitrogens is 1. The maximum absolute atomic E-state index is 12.0. The van der Waals surface area contributed by atoms with Gasteiger partial charge in [0.1, 0.15) is 5.82 Å². The lowest BCUT2D eigenvalue weighted by Gasteiger charge is -2.22. The minimum Gasteiger partial charge on any atom is -0.478 e. The van der Waals surface area contributed by atoms with Gasteiger partial charge in [-0.3, -0.25) is 4.79 Å². The van der Waals surface area contributed by atoms with Crippen molar-refractivity contribution in [2.75, 3.05) is 11.9 Å². The first-order valence-electron chi connectivity index (χ1n) is 7.64. The van der Waals surface area contributed by atoms with Gasteiger partial charge in [-0.1, -0.05) is 19.3 Å². The van der Waals surface area contributed by atoms with Crippen LogP contribution in [0.3, 0.4) is 0 Å². The van der Waals surface area contributed by atoms with Crippen LogP contribution in [0.5, 0.6) is 0 Å². The van der Waals surface area contributed by atoms with Crippen molar-refractivity contribution in [2.24, 2.45) is 0 Å². The summed E-state index contributed by atoms with van der Waals surface area (Å²) in [6.07, 6.45) is 9.87. The number of anilines is 1. The Hall–Kier alpha value is -1.64. The number of pyridine rings is 1. The summed E-state index contributed by atoms with van der Waals surface area (Å²) in [5.74, 6) is -0.400. The number of hydrogen-bond acceptors (Lipinski definition) is 4. The molecule has 1 aliphatic carbocycles. The molecule has 1 amide bonds. The van der Waals surface area contributed by atoms with E-state index in [2.05, 4.69) is 38.2 Å². The van der Waals surface area contributed by atoms with E-state index in [9.17, 15) is 9.59 Å². The molecule has 0 radical (unpaired) electrons. The number of hydrogen-bond donors (Lipinski definition) is 3. The molecular weight excluding hydrogens is 409 g/mol. The summed E-state index contributed by atoms with van der Waals surface area (Å²) < 4.78 is 0.834. The maximum atomic E-state index is 12.0. The normalized spacial score (nSPS) is 15.5. The molecule has 3 N–H and O–H groups in total. The van der Waals surface area contributed by atoms with E-state index < -0.39 is 5.97 Å². The first-order chi connectivity index (χ1) is 11.0. The topological polar surface area (TPSA) is 91.3 Å². The van der Waals surface area contributed by atoms with Gasteiger partial charge >= 0.3 is 5.97 Å². The van der Waals surface area contributed by atoms with E-state index in [1.807, 2.05) is 6.07 Å². The Bertz CT molecular complexity index is 598. The highest BCUT2D eigenvalue weighted by Crippen LogP contribution is 2.18. The van der Waals surface area contributed by atoms with Gasteiger partial charge in [-0.05, 0) is 53.1 Å². The standard InChI is InChI=1S/C16H20IN3O3/c17-13-8-11(6-7-15(22)23)9-18-16(13)19-10-14(21)20-12-4-2-1-3-5-12/h6-9,12H,1-5,10H2,(H,18,19)(H,20,21)(H,22,23)/b7-6+. The van der Waals surface area contributed by atoms with Crippen LogP contribution in [0.2, 0.25) is 0 Å². The molecule has 0 saturated heterocycles. The van der Waals surface area contributed by atoms with Crippen LogP contribution in [0.25, 0.3) is 6.08 Å². The minimum atomic E-state index is -0.999. The average molecular weight is 429 g/mol. The van der Waals surface area contributed by atoms with Gasteiger partial charge in [-0.25, -0.2) is 9.78 Å². The molecule has 0 unspecified atom stereocenters. The van der Waals surface area contributed by atoms with E-state index in [1.54, 1.807) is 6.20 Å². The Morgan fingerprint density at radius 3 is 2.74 bits per heavy atom. The van der Waals surface area contributed by atoms with Gasteiger partial charge in [0.05, 0.1) is 10.1 Å². The van der Waals surface area contributed by atoms with Crippen molar-refractivity contribution in [2.45, 2.75) is 38.1 Å². The van der Waals surface area contributed by atoms with Crippen LogP contribution in [-0.4, -0.2) is 34.6 Å². The highest BCUT2D eigenvalue weighted by molar-refractivity contribution is 14.1. The van der Waals surface area contributed by atoms with Crippen molar-refractivity contribution in [1.82, 2.24) is 10.3 Å². The Morgan fingerprint density at radius 1 is 1.35 bits per heavy atom. The SMILES string of the molecule is O=C(O)/C=C/c1cnc(NCC(=O)NC2CCCCC2)c(I)c1. The average Bonchev–Trinajstić information content (AvgIpc) is 2.53. The number of halogens is 1. The molecule has 1 fully saturated rings. The molecule has 23 heavy (non-hydrogen) atoms. The number of carbonyl (C=O) groups excluding carboxylic acids is 1. The van der Waals surface area contributed by atoms with Crippen LogP contribution >= 0.6 is 22.6 Å². The minimum absolute atomic E-state index is 0.0238. The number of carbonyl (C=O) groups is 2. The number of rotatable bonds is 6. The van der Waals surface area contributed by atoms with Gasteiger partial charge in [0.2, 0.25) is 5.91 Å². The molecule has 0 bridgehead atoms. The molecule has 6 nitrogen and oxygen atoms in total. The lowest BCUT2D eigenvalue weighted by Crippen LogP contribution is -2.39. The van der Waals surface area contributed by atoms with Crippen LogP contribution in [0, 0.1) is 3.57 Å². The molecule has 124 valence electrons. The monoisotopic (exact) mass is 429 g/mol.